The van der Waals surface area contributed by atoms with E-state index in [2.05, 4.69) is 16.3 Å². The van der Waals surface area contributed by atoms with Crippen molar-refractivity contribution in [3.05, 3.63) is 41.7 Å². The highest BCUT2D eigenvalue weighted by Crippen LogP contribution is 2.05. The van der Waals surface area contributed by atoms with Crippen LogP contribution in [0.5, 0.6) is 0 Å². The predicted octanol–water partition coefficient (Wildman–Crippen LogP) is -0.307. The molecule has 0 unspecified atom stereocenters. The first-order chi connectivity index (χ1) is 15.5. The molecule has 5 N–H and O–H groups in total. The van der Waals surface area contributed by atoms with Crippen LogP contribution in [0.1, 0.15) is 17.3 Å². The van der Waals surface area contributed by atoms with Crippen molar-refractivity contribution in [1.29, 1.82) is 0 Å². The van der Waals surface area contributed by atoms with Crippen LogP contribution < -0.4 is 22.0 Å². The average molecular weight is 451 g/mol. The Morgan fingerprint density at radius 1 is 1.03 bits per heavy atom. The van der Waals surface area contributed by atoms with Crippen molar-refractivity contribution >= 4 is 17.5 Å². The topological polar surface area (TPSA) is 130 Å². The van der Waals surface area contributed by atoms with Crippen LogP contribution in [0.4, 0.5) is 5.69 Å². The lowest BCUT2D eigenvalue weighted by atomic mass is 10.2. The standard InChI is InChI=1S/C21H34N6O5/c1-3-26(2)21(29)19-16-27(25-24-19)9-11-31-13-15-32-14-12-30-10-8-23-20(28)17-4-6-18(22)7-5-17/h4-7,16,24-25H,3,8-15,22H2,1-2H3,(H,23,28). The Morgan fingerprint density at radius 2 is 1.66 bits per heavy atom. The highest BCUT2D eigenvalue weighted by molar-refractivity contribution is 5.94. The second kappa shape index (κ2) is 14.2. The van der Waals surface area contributed by atoms with Crippen molar-refractivity contribution in [2.24, 2.45) is 0 Å². The van der Waals surface area contributed by atoms with Crippen LogP contribution >= 0.6 is 0 Å². The molecule has 0 radical (unpaired) electrons. The van der Waals surface area contributed by atoms with E-state index < -0.39 is 0 Å². The van der Waals surface area contributed by atoms with Crippen molar-refractivity contribution < 1.29 is 23.8 Å². The number of nitrogens with two attached hydrogens (primary N) is 1. The maximum Gasteiger partial charge on any atom is 0.272 e. The van der Waals surface area contributed by atoms with E-state index in [0.717, 1.165) is 0 Å². The number of benzene rings is 1. The van der Waals surface area contributed by atoms with E-state index in [1.54, 1.807) is 47.4 Å². The van der Waals surface area contributed by atoms with Gasteiger partial charge < -0.3 is 30.2 Å². The molecule has 0 saturated carbocycles. The van der Waals surface area contributed by atoms with E-state index in [-0.39, 0.29) is 11.8 Å². The van der Waals surface area contributed by atoms with Gasteiger partial charge in [-0.15, -0.1) is 5.53 Å². The number of rotatable bonds is 15. The highest BCUT2D eigenvalue weighted by Gasteiger charge is 2.19. The molecule has 0 saturated heterocycles. The number of hydrogen-bond donors (Lipinski definition) is 4. The Labute approximate surface area is 188 Å². The van der Waals surface area contributed by atoms with Crippen LogP contribution in [0.25, 0.3) is 0 Å². The van der Waals surface area contributed by atoms with Crippen LogP contribution in [-0.4, -0.2) is 88.0 Å². The Morgan fingerprint density at radius 3 is 2.31 bits per heavy atom. The van der Waals surface area contributed by atoms with Crippen molar-refractivity contribution in [2.45, 2.75) is 6.92 Å². The van der Waals surface area contributed by atoms with Gasteiger partial charge in [-0.25, -0.2) is 0 Å². The number of likely N-dealkylation sites (N-methyl/N-ethyl adjacent to an activating group) is 1. The van der Waals surface area contributed by atoms with Gasteiger partial charge in [0.15, 0.2) is 0 Å². The quantitative estimate of drug-likeness (QED) is 0.210. The maximum atomic E-state index is 12.0. The first-order valence-corrected chi connectivity index (χ1v) is 10.6. The van der Waals surface area contributed by atoms with Crippen LogP contribution in [-0.2, 0) is 19.0 Å². The number of amides is 2. The summed E-state index contributed by atoms with van der Waals surface area (Å²) < 4.78 is 16.4. The van der Waals surface area contributed by atoms with Gasteiger partial charge in [-0.3, -0.25) is 20.0 Å². The fourth-order valence-corrected chi connectivity index (χ4v) is 2.61. The van der Waals surface area contributed by atoms with Gasteiger partial charge in [0.2, 0.25) is 0 Å². The molecular weight excluding hydrogens is 416 g/mol. The summed E-state index contributed by atoms with van der Waals surface area (Å²) in [5.41, 5.74) is 13.0. The van der Waals surface area contributed by atoms with Crippen LogP contribution in [0.3, 0.4) is 0 Å². The molecule has 2 rings (SSSR count). The molecule has 0 fully saturated rings. The minimum atomic E-state index is -0.159. The van der Waals surface area contributed by atoms with Gasteiger partial charge in [-0.05, 0) is 31.2 Å². The van der Waals surface area contributed by atoms with E-state index in [0.29, 0.717) is 76.2 Å². The SMILES string of the molecule is CCN(C)C(=O)C1=CN(CCOCCOCCOCCNC(=O)c2ccc(N)cc2)NN1. The van der Waals surface area contributed by atoms with Gasteiger partial charge in [-0.1, -0.05) is 0 Å². The van der Waals surface area contributed by atoms with Crippen LogP contribution in [0.15, 0.2) is 36.2 Å². The van der Waals surface area contributed by atoms with Gasteiger partial charge in [0.05, 0.1) is 46.2 Å². The molecule has 11 nitrogen and oxygen atoms in total. The predicted molar refractivity (Wildman–Crippen MR) is 120 cm³/mol. The molecule has 0 aromatic heterocycles. The van der Waals surface area contributed by atoms with Crippen molar-refractivity contribution in [3.8, 4) is 0 Å². The smallest absolute Gasteiger partial charge is 0.272 e. The van der Waals surface area contributed by atoms with Crippen LogP contribution in [0, 0.1) is 0 Å². The van der Waals surface area contributed by atoms with E-state index in [4.69, 9.17) is 19.9 Å². The molecule has 0 spiro atoms. The number of hydrazine groups is 2. The summed E-state index contributed by atoms with van der Waals surface area (Å²) >= 11 is 0. The number of nitrogens with one attached hydrogen (secondary N) is 3. The van der Waals surface area contributed by atoms with E-state index in [1.165, 1.54) is 0 Å². The molecule has 1 aliphatic rings. The number of anilines is 1. The largest absolute Gasteiger partial charge is 0.399 e. The third-order valence-corrected chi connectivity index (χ3v) is 4.60. The molecule has 1 heterocycles. The van der Waals surface area contributed by atoms with E-state index in [1.807, 2.05) is 6.92 Å². The lowest BCUT2D eigenvalue weighted by Gasteiger charge is -2.15. The van der Waals surface area contributed by atoms with Gasteiger partial charge in [0.1, 0.15) is 5.70 Å². The Bertz CT molecular complexity index is 743. The number of nitrogen functional groups attached to an aromatic ring is 1. The lowest BCUT2D eigenvalue weighted by molar-refractivity contribution is -0.126. The van der Waals surface area contributed by atoms with Crippen molar-refractivity contribution in [2.75, 3.05) is 72.1 Å². The summed E-state index contributed by atoms with van der Waals surface area (Å²) in [5.74, 6) is -0.225. The number of nitrogens with zero attached hydrogens (tertiary/aromatic N) is 2. The number of hydrogen-bond acceptors (Lipinski definition) is 9. The molecule has 178 valence electrons. The molecule has 0 bridgehead atoms. The number of carbonyl (C=O) groups excluding carboxylic acids is 2. The monoisotopic (exact) mass is 450 g/mol. The molecule has 0 aliphatic carbocycles. The molecule has 1 aliphatic heterocycles. The second-order valence-corrected chi connectivity index (χ2v) is 7.01. The number of carbonyl (C=O) groups is 2. The van der Waals surface area contributed by atoms with Crippen molar-refractivity contribution in [3.63, 3.8) is 0 Å². The number of ether oxygens (including phenoxy) is 3. The summed E-state index contributed by atoms with van der Waals surface area (Å²) in [7, 11) is 1.75. The van der Waals surface area contributed by atoms with Gasteiger partial charge in [0, 0.05) is 37.6 Å². The van der Waals surface area contributed by atoms with Gasteiger partial charge in [-0.2, -0.15) is 0 Å². The van der Waals surface area contributed by atoms with Crippen LogP contribution in [0.2, 0.25) is 0 Å². The third kappa shape index (κ3) is 9.10. The highest BCUT2D eigenvalue weighted by atomic mass is 16.5. The molecule has 1 aromatic carbocycles. The average Bonchev–Trinajstić information content (AvgIpc) is 3.28. The van der Waals surface area contributed by atoms with Gasteiger partial charge >= 0.3 is 0 Å². The first kappa shape index (κ1) is 25.4. The molecule has 11 heteroatoms. The summed E-state index contributed by atoms with van der Waals surface area (Å²) in [4.78, 5) is 25.6. The van der Waals surface area contributed by atoms with Crippen molar-refractivity contribution in [1.82, 2.24) is 26.2 Å². The summed E-state index contributed by atoms with van der Waals surface area (Å²) in [5, 5.41) is 4.54. The minimum absolute atomic E-state index is 0.0665. The zero-order valence-corrected chi connectivity index (χ0v) is 18.8. The third-order valence-electron chi connectivity index (χ3n) is 4.60. The zero-order valence-electron chi connectivity index (χ0n) is 18.8. The van der Waals surface area contributed by atoms with E-state index in [9.17, 15) is 9.59 Å². The Hall–Kier alpha value is -2.86. The molecule has 1 aromatic rings. The fourth-order valence-electron chi connectivity index (χ4n) is 2.61. The summed E-state index contributed by atoms with van der Waals surface area (Å²) in [6.45, 7) is 6.29. The molecule has 32 heavy (non-hydrogen) atoms. The molecular formula is C21H34N6O5. The first-order valence-electron chi connectivity index (χ1n) is 10.6. The zero-order chi connectivity index (χ0) is 23.2. The maximum absolute atomic E-state index is 12.0. The lowest BCUT2D eigenvalue weighted by Crippen LogP contribution is -2.40. The Kier molecular flexibility index (Phi) is 11.3. The Balaban J connectivity index is 1.39. The molecule has 0 atom stereocenters. The minimum Gasteiger partial charge on any atom is -0.399 e. The van der Waals surface area contributed by atoms with Gasteiger partial charge in [0.25, 0.3) is 11.8 Å². The normalized spacial score (nSPS) is 12.9. The van der Waals surface area contributed by atoms with E-state index >= 15 is 0 Å². The fraction of sp³-hybridized carbons (Fsp3) is 0.524. The second-order valence-electron chi connectivity index (χ2n) is 7.01. The molecule has 2 amide bonds. The summed E-state index contributed by atoms with van der Waals surface area (Å²) in [6.07, 6.45) is 1.73. The summed E-state index contributed by atoms with van der Waals surface area (Å²) in [6, 6.07) is 6.74.